The van der Waals surface area contributed by atoms with Crippen molar-refractivity contribution in [1.82, 2.24) is 0 Å². The summed E-state index contributed by atoms with van der Waals surface area (Å²) in [6.45, 7) is 0. The zero-order valence-corrected chi connectivity index (χ0v) is 17.1. The van der Waals surface area contributed by atoms with Crippen LogP contribution in [-0.4, -0.2) is 14.2 Å². The normalized spacial score (nSPS) is 11.1. The third-order valence-electron chi connectivity index (χ3n) is 4.74. The predicted molar refractivity (Wildman–Crippen MR) is 119 cm³/mol. The molecule has 0 aliphatic heterocycles. The maximum absolute atomic E-state index is 14.4. The molecule has 6 heteroatoms. The van der Waals surface area contributed by atoms with Crippen LogP contribution in [0.5, 0.6) is 0 Å². The van der Waals surface area contributed by atoms with Crippen molar-refractivity contribution in [2.75, 3.05) is 4.72 Å². The van der Waals surface area contributed by atoms with Crippen molar-refractivity contribution < 1.29 is 17.6 Å². The molecule has 0 aliphatic carbocycles. The number of hydrogen-bond donors (Lipinski definition) is 1. The summed E-state index contributed by atoms with van der Waals surface area (Å²) in [5, 5.41) is 0. The first-order valence-corrected chi connectivity index (χ1v) is 11.0. The Morgan fingerprint density at radius 2 is 1.32 bits per heavy atom. The van der Waals surface area contributed by atoms with Gasteiger partial charge in [0.05, 0.1) is 0 Å². The number of benzene rings is 4. The van der Waals surface area contributed by atoms with Crippen LogP contribution in [0, 0.1) is 5.82 Å². The van der Waals surface area contributed by atoms with E-state index in [0.29, 0.717) is 16.7 Å². The minimum atomic E-state index is -4.22. The second kappa shape index (κ2) is 8.53. The summed E-state index contributed by atoms with van der Waals surface area (Å²) in [4.78, 5) is 12.2. The Hall–Kier alpha value is -3.77. The summed E-state index contributed by atoms with van der Waals surface area (Å²) in [7, 11) is -4.22. The highest BCUT2D eigenvalue weighted by Crippen LogP contribution is 2.26. The number of carbonyl (C=O) groups is 1. The highest BCUT2D eigenvalue weighted by atomic mass is 32.2. The molecule has 0 unspecified atom stereocenters. The van der Waals surface area contributed by atoms with E-state index in [4.69, 9.17) is 0 Å². The van der Waals surface area contributed by atoms with Crippen molar-refractivity contribution in [2.24, 2.45) is 0 Å². The number of sulfonamides is 1. The second-order valence-corrected chi connectivity index (χ2v) is 8.54. The van der Waals surface area contributed by atoms with Gasteiger partial charge in [0, 0.05) is 16.8 Å². The zero-order valence-electron chi connectivity index (χ0n) is 16.3. The summed E-state index contributed by atoms with van der Waals surface area (Å²) in [6, 6.07) is 27.9. The van der Waals surface area contributed by atoms with Gasteiger partial charge in [-0.15, -0.1) is 0 Å². The van der Waals surface area contributed by atoms with Gasteiger partial charge in [-0.3, -0.25) is 9.52 Å². The van der Waals surface area contributed by atoms with E-state index in [9.17, 15) is 17.6 Å². The van der Waals surface area contributed by atoms with Crippen LogP contribution in [0.2, 0.25) is 0 Å². The van der Waals surface area contributed by atoms with Gasteiger partial charge in [-0.25, -0.2) is 12.8 Å². The van der Waals surface area contributed by atoms with Crippen LogP contribution in [0.15, 0.2) is 108 Å². The summed E-state index contributed by atoms with van der Waals surface area (Å²) < 4.78 is 42.7. The van der Waals surface area contributed by atoms with Gasteiger partial charge in [-0.05, 0) is 35.4 Å². The first-order valence-electron chi connectivity index (χ1n) is 9.52. The molecule has 0 bridgehead atoms. The lowest BCUT2D eigenvalue weighted by molar-refractivity contribution is 0.103. The number of nitrogens with one attached hydrogen (secondary N) is 1. The van der Waals surface area contributed by atoms with E-state index < -0.39 is 20.7 Å². The number of ketones is 1. The van der Waals surface area contributed by atoms with E-state index in [2.05, 4.69) is 4.72 Å². The third-order valence-corrected chi connectivity index (χ3v) is 6.14. The molecule has 0 saturated heterocycles. The Morgan fingerprint density at radius 3 is 2.03 bits per heavy atom. The predicted octanol–water partition coefficient (Wildman–Crippen LogP) is 5.52. The van der Waals surface area contributed by atoms with Gasteiger partial charge >= 0.3 is 0 Å². The lowest BCUT2D eigenvalue weighted by Crippen LogP contribution is -2.15. The molecule has 4 rings (SSSR count). The van der Waals surface area contributed by atoms with Gasteiger partial charge < -0.3 is 0 Å². The molecule has 0 aliphatic rings. The molecular formula is C25H18FNO3S. The number of rotatable bonds is 6. The van der Waals surface area contributed by atoms with Crippen molar-refractivity contribution >= 4 is 21.5 Å². The summed E-state index contributed by atoms with van der Waals surface area (Å²) >= 11 is 0. The highest BCUT2D eigenvalue weighted by molar-refractivity contribution is 7.92. The van der Waals surface area contributed by atoms with Crippen LogP contribution in [0.3, 0.4) is 0 Å². The van der Waals surface area contributed by atoms with E-state index >= 15 is 0 Å². The van der Waals surface area contributed by atoms with E-state index in [1.54, 1.807) is 42.5 Å². The van der Waals surface area contributed by atoms with Gasteiger partial charge in [0.2, 0.25) is 0 Å². The van der Waals surface area contributed by atoms with Crippen molar-refractivity contribution in [1.29, 1.82) is 0 Å². The standard InChI is InChI=1S/C25H18FNO3S/c26-23-15-14-20(18-8-3-1-4-9-18)17-24(23)31(29,30)27-22-13-7-12-21(16-22)25(28)19-10-5-2-6-11-19/h1-17,27H. The summed E-state index contributed by atoms with van der Waals surface area (Å²) in [5.74, 6) is -1.09. The lowest BCUT2D eigenvalue weighted by Gasteiger charge is -2.12. The largest absolute Gasteiger partial charge is 0.289 e. The van der Waals surface area contributed by atoms with Crippen LogP contribution in [0.25, 0.3) is 11.1 Å². The van der Waals surface area contributed by atoms with Crippen LogP contribution in [0.1, 0.15) is 15.9 Å². The molecule has 31 heavy (non-hydrogen) atoms. The van der Waals surface area contributed by atoms with Crippen LogP contribution >= 0.6 is 0 Å². The fourth-order valence-electron chi connectivity index (χ4n) is 3.21. The molecule has 0 heterocycles. The summed E-state index contributed by atoms with van der Waals surface area (Å²) in [5.41, 5.74) is 2.34. The molecule has 0 fully saturated rings. The fraction of sp³-hybridized carbons (Fsp3) is 0. The average Bonchev–Trinajstić information content (AvgIpc) is 2.80. The van der Waals surface area contributed by atoms with Gasteiger partial charge in [-0.1, -0.05) is 78.9 Å². The minimum absolute atomic E-state index is 0.172. The molecule has 0 radical (unpaired) electrons. The van der Waals surface area contributed by atoms with Crippen molar-refractivity contribution in [3.05, 3.63) is 120 Å². The first kappa shape index (κ1) is 20.5. The molecule has 0 amide bonds. The maximum Gasteiger partial charge on any atom is 0.264 e. The van der Waals surface area contributed by atoms with Crippen molar-refractivity contribution in [3.63, 3.8) is 0 Å². The molecule has 154 valence electrons. The molecular weight excluding hydrogens is 413 g/mol. The SMILES string of the molecule is O=C(c1ccccc1)c1cccc(NS(=O)(=O)c2cc(-c3ccccc3)ccc2F)c1. The number of hydrogen-bond acceptors (Lipinski definition) is 3. The van der Waals surface area contributed by atoms with E-state index in [0.717, 1.165) is 11.6 Å². The fourth-order valence-corrected chi connectivity index (χ4v) is 4.36. The minimum Gasteiger partial charge on any atom is -0.289 e. The number of anilines is 1. The van der Waals surface area contributed by atoms with E-state index in [1.807, 2.05) is 30.3 Å². The Kier molecular flexibility index (Phi) is 5.64. The average molecular weight is 431 g/mol. The van der Waals surface area contributed by atoms with Gasteiger partial charge in [0.25, 0.3) is 10.0 Å². The maximum atomic E-state index is 14.4. The number of halogens is 1. The van der Waals surface area contributed by atoms with E-state index in [1.165, 1.54) is 24.3 Å². The molecule has 0 saturated carbocycles. The smallest absolute Gasteiger partial charge is 0.264 e. The number of carbonyl (C=O) groups excluding carboxylic acids is 1. The van der Waals surface area contributed by atoms with Crippen LogP contribution < -0.4 is 4.72 Å². The third kappa shape index (κ3) is 4.54. The molecule has 4 aromatic rings. The van der Waals surface area contributed by atoms with Gasteiger partial charge in [0.1, 0.15) is 10.7 Å². The summed E-state index contributed by atoms with van der Waals surface area (Å²) in [6.07, 6.45) is 0. The molecule has 0 aromatic heterocycles. The molecule has 0 spiro atoms. The topological polar surface area (TPSA) is 63.2 Å². The zero-order chi connectivity index (χ0) is 21.8. The quantitative estimate of drug-likeness (QED) is 0.409. The van der Waals surface area contributed by atoms with Crippen molar-refractivity contribution in [3.8, 4) is 11.1 Å². The molecule has 4 aromatic carbocycles. The molecule has 1 N–H and O–H groups in total. The monoisotopic (exact) mass is 431 g/mol. The van der Waals surface area contributed by atoms with Gasteiger partial charge in [-0.2, -0.15) is 0 Å². The molecule has 4 nitrogen and oxygen atoms in total. The Balaban J connectivity index is 1.65. The second-order valence-electron chi connectivity index (χ2n) is 6.89. The Morgan fingerprint density at radius 1 is 0.677 bits per heavy atom. The Bertz CT molecular complexity index is 1340. The van der Waals surface area contributed by atoms with E-state index in [-0.39, 0.29) is 11.5 Å². The van der Waals surface area contributed by atoms with Crippen LogP contribution in [-0.2, 0) is 10.0 Å². The highest BCUT2D eigenvalue weighted by Gasteiger charge is 2.21. The first-order chi connectivity index (χ1) is 14.9. The van der Waals surface area contributed by atoms with Crippen LogP contribution in [0.4, 0.5) is 10.1 Å². The van der Waals surface area contributed by atoms with Gasteiger partial charge in [0.15, 0.2) is 5.78 Å². The Labute approximate surface area is 180 Å². The van der Waals surface area contributed by atoms with Crippen molar-refractivity contribution in [2.45, 2.75) is 4.90 Å². The molecule has 0 atom stereocenters. The lowest BCUT2D eigenvalue weighted by atomic mass is 10.0.